The molecule has 1 fully saturated rings. The summed E-state index contributed by atoms with van der Waals surface area (Å²) in [5.74, 6) is 0. The molecule has 0 amide bonds. The molecule has 2 heterocycles. The molecule has 1 aromatic carbocycles. The van der Waals surface area contributed by atoms with E-state index in [-0.39, 0.29) is 6.61 Å². The summed E-state index contributed by atoms with van der Waals surface area (Å²) in [5.41, 5.74) is 2.96. The molecule has 1 saturated carbocycles. The Bertz CT molecular complexity index is 773. The van der Waals surface area contributed by atoms with Crippen molar-refractivity contribution in [1.29, 1.82) is 0 Å². The minimum Gasteiger partial charge on any atom is -0.392 e. The third-order valence-electron chi connectivity index (χ3n) is 3.90. The standard InChI is InChI=1S/C15H16N4OS/c1-18(12-6-7-12)15-17-19-13(8-16-14(19)21-15)11-4-2-10(9-20)3-5-11/h2-5,8,12,20H,6-7,9H2,1H3. The van der Waals surface area contributed by atoms with E-state index < -0.39 is 0 Å². The zero-order chi connectivity index (χ0) is 14.4. The molecular formula is C15H16N4OS. The average molecular weight is 300 g/mol. The summed E-state index contributed by atoms with van der Waals surface area (Å²) in [6.45, 7) is 0.0646. The number of rotatable bonds is 4. The van der Waals surface area contributed by atoms with Crippen LogP contribution in [-0.2, 0) is 6.61 Å². The predicted octanol–water partition coefficient (Wildman–Crippen LogP) is 2.55. The highest BCUT2D eigenvalue weighted by atomic mass is 32.1. The van der Waals surface area contributed by atoms with Crippen LogP contribution in [0.1, 0.15) is 18.4 Å². The van der Waals surface area contributed by atoms with Crippen molar-refractivity contribution in [3.05, 3.63) is 36.0 Å². The van der Waals surface area contributed by atoms with Crippen LogP contribution < -0.4 is 4.90 Å². The number of imidazole rings is 1. The summed E-state index contributed by atoms with van der Waals surface area (Å²) in [6.07, 6.45) is 4.37. The van der Waals surface area contributed by atoms with Crippen molar-refractivity contribution in [2.24, 2.45) is 0 Å². The molecule has 0 bridgehead atoms. The van der Waals surface area contributed by atoms with Gasteiger partial charge in [-0.2, -0.15) is 0 Å². The van der Waals surface area contributed by atoms with E-state index in [9.17, 15) is 0 Å². The van der Waals surface area contributed by atoms with Crippen molar-refractivity contribution in [3.63, 3.8) is 0 Å². The van der Waals surface area contributed by atoms with Crippen molar-refractivity contribution in [1.82, 2.24) is 14.6 Å². The molecule has 0 unspecified atom stereocenters. The van der Waals surface area contributed by atoms with E-state index in [2.05, 4.69) is 16.9 Å². The van der Waals surface area contributed by atoms with Crippen LogP contribution in [0.2, 0.25) is 0 Å². The number of nitrogens with zero attached hydrogens (tertiary/aromatic N) is 4. The van der Waals surface area contributed by atoms with Gasteiger partial charge in [0.2, 0.25) is 10.1 Å². The lowest BCUT2D eigenvalue weighted by Gasteiger charge is -2.12. The Morgan fingerprint density at radius 3 is 2.76 bits per heavy atom. The van der Waals surface area contributed by atoms with Gasteiger partial charge in [0, 0.05) is 18.7 Å². The Morgan fingerprint density at radius 1 is 1.33 bits per heavy atom. The maximum absolute atomic E-state index is 9.12. The average Bonchev–Trinajstić information content (AvgIpc) is 3.16. The summed E-state index contributed by atoms with van der Waals surface area (Å²) >= 11 is 1.62. The number of hydrogen-bond acceptors (Lipinski definition) is 5. The van der Waals surface area contributed by atoms with Gasteiger partial charge in [-0.3, -0.25) is 0 Å². The molecule has 6 heteroatoms. The number of aromatic nitrogens is 3. The van der Waals surface area contributed by atoms with Gasteiger partial charge in [0.25, 0.3) is 0 Å². The number of hydrogen-bond donors (Lipinski definition) is 1. The molecule has 1 aliphatic carbocycles. The molecule has 0 radical (unpaired) electrons. The Morgan fingerprint density at radius 2 is 2.10 bits per heavy atom. The summed E-state index contributed by atoms with van der Waals surface area (Å²) in [7, 11) is 2.10. The first kappa shape index (κ1) is 12.8. The second kappa shape index (κ2) is 4.82. The van der Waals surface area contributed by atoms with Crippen LogP contribution >= 0.6 is 11.3 Å². The summed E-state index contributed by atoms with van der Waals surface area (Å²) in [4.78, 5) is 7.63. The van der Waals surface area contributed by atoms with E-state index in [0.717, 1.165) is 26.9 Å². The quantitative estimate of drug-likeness (QED) is 0.804. The number of benzene rings is 1. The topological polar surface area (TPSA) is 53.7 Å². The Kier molecular flexibility index (Phi) is 2.94. The predicted molar refractivity (Wildman–Crippen MR) is 83.6 cm³/mol. The zero-order valence-corrected chi connectivity index (χ0v) is 12.5. The van der Waals surface area contributed by atoms with Gasteiger partial charge < -0.3 is 10.0 Å². The molecule has 21 heavy (non-hydrogen) atoms. The molecule has 0 aliphatic heterocycles. The molecule has 0 atom stereocenters. The molecule has 108 valence electrons. The van der Waals surface area contributed by atoms with E-state index in [1.165, 1.54) is 12.8 Å². The van der Waals surface area contributed by atoms with Gasteiger partial charge >= 0.3 is 0 Å². The molecule has 0 spiro atoms. The normalized spacial score (nSPS) is 14.8. The highest BCUT2D eigenvalue weighted by Gasteiger charge is 2.28. The lowest BCUT2D eigenvalue weighted by molar-refractivity contribution is 0.282. The lowest BCUT2D eigenvalue weighted by Crippen LogP contribution is -2.19. The first-order valence-corrected chi connectivity index (χ1v) is 7.85. The Balaban J connectivity index is 1.73. The second-order valence-electron chi connectivity index (χ2n) is 5.42. The van der Waals surface area contributed by atoms with Crippen molar-refractivity contribution in [2.45, 2.75) is 25.5 Å². The lowest BCUT2D eigenvalue weighted by atomic mass is 10.1. The molecule has 2 aromatic heterocycles. The maximum Gasteiger partial charge on any atom is 0.214 e. The minimum absolute atomic E-state index is 0.0646. The summed E-state index contributed by atoms with van der Waals surface area (Å²) in [5, 5.41) is 14.8. The number of fused-ring (bicyclic) bond motifs is 1. The monoisotopic (exact) mass is 300 g/mol. The zero-order valence-electron chi connectivity index (χ0n) is 11.7. The van der Waals surface area contributed by atoms with Gasteiger partial charge in [-0.25, -0.2) is 9.50 Å². The van der Waals surface area contributed by atoms with Gasteiger partial charge in [-0.15, -0.1) is 5.10 Å². The fourth-order valence-corrected chi connectivity index (χ4v) is 3.33. The van der Waals surface area contributed by atoms with Crippen LogP contribution in [0, 0.1) is 0 Å². The number of anilines is 1. The van der Waals surface area contributed by atoms with E-state index in [1.807, 2.05) is 35.0 Å². The Labute approximate surface area is 126 Å². The molecule has 0 saturated heterocycles. The smallest absolute Gasteiger partial charge is 0.214 e. The molecule has 1 N–H and O–H groups in total. The van der Waals surface area contributed by atoms with Crippen LogP contribution in [0.15, 0.2) is 30.5 Å². The molecule has 3 aromatic rings. The van der Waals surface area contributed by atoms with Crippen molar-refractivity contribution in [3.8, 4) is 11.3 Å². The van der Waals surface area contributed by atoms with E-state index in [1.54, 1.807) is 11.3 Å². The number of aliphatic hydroxyl groups is 1. The van der Waals surface area contributed by atoms with Crippen molar-refractivity contribution < 1.29 is 5.11 Å². The van der Waals surface area contributed by atoms with E-state index in [4.69, 9.17) is 10.2 Å². The van der Waals surface area contributed by atoms with Crippen molar-refractivity contribution >= 4 is 21.4 Å². The highest BCUT2D eigenvalue weighted by molar-refractivity contribution is 7.20. The second-order valence-corrected chi connectivity index (χ2v) is 6.35. The maximum atomic E-state index is 9.12. The van der Waals surface area contributed by atoms with Crippen LogP contribution in [0.4, 0.5) is 5.13 Å². The third kappa shape index (κ3) is 2.20. The van der Waals surface area contributed by atoms with Crippen LogP contribution in [0.5, 0.6) is 0 Å². The molecule has 4 rings (SSSR count). The van der Waals surface area contributed by atoms with E-state index >= 15 is 0 Å². The van der Waals surface area contributed by atoms with Crippen molar-refractivity contribution in [2.75, 3.05) is 11.9 Å². The van der Waals surface area contributed by atoms with Crippen LogP contribution in [0.25, 0.3) is 16.2 Å². The summed E-state index contributed by atoms with van der Waals surface area (Å²) < 4.78 is 1.91. The van der Waals surface area contributed by atoms with Gasteiger partial charge in [0.05, 0.1) is 18.5 Å². The largest absolute Gasteiger partial charge is 0.392 e. The fraction of sp³-hybridized carbons (Fsp3) is 0.333. The number of aliphatic hydroxyl groups excluding tert-OH is 1. The third-order valence-corrected chi connectivity index (χ3v) is 4.92. The molecular weight excluding hydrogens is 284 g/mol. The molecule has 5 nitrogen and oxygen atoms in total. The van der Waals surface area contributed by atoms with Gasteiger partial charge in [0.1, 0.15) is 0 Å². The first-order chi connectivity index (χ1) is 10.3. The first-order valence-electron chi connectivity index (χ1n) is 7.04. The SMILES string of the molecule is CN(c1nn2c(-c3ccc(CO)cc3)cnc2s1)C1CC1. The molecule has 1 aliphatic rings. The fourth-order valence-electron chi connectivity index (χ4n) is 2.42. The minimum atomic E-state index is 0.0646. The van der Waals surface area contributed by atoms with Crippen LogP contribution in [0.3, 0.4) is 0 Å². The highest BCUT2D eigenvalue weighted by Crippen LogP contribution is 2.34. The van der Waals surface area contributed by atoms with E-state index in [0.29, 0.717) is 6.04 Å². The van der Waals surface area contributed by atoms with Gasteiger partial charge in [-0.05, 0) is 18.4 Å². The van der Waals surface area contributed by atoms with Crippen LogP contribution in [-0.4, -0.2) is 32.8 Å². The summed E-state index contributed by atoms with van der Waals surface area (Å²) in [6, 6.07) is 8.50. The van der Waals surface area contributed by atoms with Gasteiger partial charge in [0.15, 0.2) is 0 Å². The Hall–Kier alpha value is -1.92. The van der Waals surface area contributed by atoms with Gasteiger partial charge in [-0.1, -0.05) is 35.6 Å².